The molecule has 0 saturated carbocycles. The van der Waals surface area contributed by atoms with Crippen molar-refractivity contribution in [2.24, 2.45) is 0 Å². The fourth-order valence-electron chi connectivity index (χ4n) is 4.27. The molecule has 0 bridgehead atoms. The monoisotopic (exact) mass is 591 g/mol. The average molecular weight is 592 g/mol. The van der Waals surface area contributed by atoms with E-state index in [1.54, 1.807) is 20.8 Å². The van der Waals surface area contributed by atoms with Crippen molar-refractivity contribution in [1.29, 1.82) is 0 Å². The molecule has 0 fully saturated rings. The van der Waals surface area contributed by atoms with Gasteiger partial charge in [0.15, 0.2) is 23.0 Å². The van der Waals surface area contributed by atoms with Crippen molar-refractivity contribution < 1.29 is 23.4 Å². The van der Waals surface area contributed by atoms with Crippen LogP contribution in [0.15, 0.2) is 70.5 Å². The summed E-state index contributed by atoms with van der Waals surface area (Å²) in [5.74, 6) is -1.98. The molecule has 1 amide bonds. The average Bonchev–Trinajstić information content (AvgIpc) is 3.38. The lowest BCUT2D eigenvalue weighted by molar-refractivity contribution is 0.102. The van der Waals surface area contributed by atoms with E-state index in [0.29, 0.717) is 17.5 Å². The van der Waals surface area contributed by atoms with E-state index in [2.05, 4.69) is 25.8 Å². The van der Waals surface area contributed by atoms with Crippen molar-refractivity contribution in [3.63, 3.8) is 0 Å². The van der Waals surface area contributed by atoms with Crippen LogP contribution in [-0.4, -0.2) is 41.6 Å². The molecule has 0 aliphatic carbocycles. The molecule has 3 aromatic heterocycles. The van der Waals surface area contributed by atoms with E-state index in [1.807, 2.05) is 0 Å². The van der Waals surface area contributed by atoms with E-state index < -0.39 is 41.1 Å². The molecular formula is C29H27F2N7O5. The Kier molecular flexibility index (Phi) is 8.03. The number of nitrogens with zero attached hydrogens (tertiary/aromatic N) is 4. The van der Waals surface area contributed by atoms with Gasteiger partial charge in [0.25, 0.3) is 11.5 Å². The van der Waals surface area contributed by atoms with Gasteiger partial charge in [-0.2, -0.15) is 5.10 Å². The number of aromatic amines is 1. The first-order valence-electron chi connectivity index (χ1n) is 13.3. The fourth-order valence-corrected chi connectivity index (χ4v) is 4.27. The summed E-state index contributed by atoms with van der Waals surface area (Å²) in [6.07, 6.45) is 2.11. The van der Waals surface area contributed by atoms with Crippen molar-refractivity contribution in [2.75, 3.05) is 10.6 Å². The number of amides is 1. The first-order valence-corrected chi connectivity index (χ1v) is 13.3. The molecule has 0 radical (unpaired) electrons. The van der Waals surface area contributed by atoms with Crippen molar-refractivity contribution in [3.8, 4) is 17.2 Å². The van der Waals surface area contributed by atoms with Crippen LogP contribution in [0.3, 0.4) is 0 Å². The van der Waals surface area contributed by atoms with Gasteiger partial charge in [-0.1, -0.05) is 6.92 Å². The Bertz CT molecular complexity index is 1930. The molecule has 14 heteroatoms. The van der Waals surface area contributed by atoms with Crippen LogP contribution >= 0.6 is 0 Å². The number of pyridine rings is 1. The molecular weight excluding hydrogens is 564 g/mol. The minimum Gasteiger partial charge on any atom is -0.453 e. The highest BCUT2D eigenvalue weighted by Gasteiger charge is 2.21. The Hall–Kier alpha value is -5.37. The summed E-state index contributed by atoms with van der Waals surface area (Å²) in [7, 11) is 0. The van der Waals surface area contributed by atoms with E-state index in [9.17, 15) is 23.9 Å². The predicted molar refractivity (Wildman–Crippen MR) is 155 cm³/mol. The van der Waals surface area contributed by atoms with Gasteiger partial charge in [0.05, 0.1) is 5.69 Å². The highest BCUT2D eigenvalue weighted by molar-refractivity contribution is 6.04. The molecule has 43 heavy (non-hydrogen) atoms. The van der Waals surface area contributed by atoms with Gasteiger partial charge in [-0.05, 0) is 56.7 Å². The van der Waals surface area contributed by atoms with Crippen LogP contribution in [-0.2, 0) is 0 Å². The number of carbonyl (C=O) groups excluding carboxylic acids is 1. The van der Waals surface area contributed by atoms with E-state index >= 15 is 4.39 Å². The number of hydrogen-bond acceptors (Lipinski definition) is 8. The first kappa shape index (κ1) is 29.1. The zero-order chi connectivity index (χ0) is 30.8. The third-order valence-electron chi connectivity index (χ3n) is 6.52. The Balaban J connectivity index is 1.44. The Morgan fingerprint density at radius 3 is 2.51 bits per heavy atom. The molecule has 222 valence electrons. The molecule has 4 N–H and O–H groups in total. The fraction of sp³-hybridized carbons (Fsp3) is 0.207. The number of ether oxygens (including phenoxy) is 1. The SMILES string of the molecule is CCC(O)Nc1n[nH]c2nccc(Oc3ccc(NC(=O)c4cn(C(C)C)c(=O)n(-c5ccc(F)cc5)c4=O)cc3F)c12. The molecule has 0 aliphatic rings. The van der Waals surface area contributed by atoms with Gasteiger partial charge in [-0.25, -0.2) is 23.1 Å². The number of carbonyl (C=O) groups is 1. The number of anilines is 2. The maximum atomic E-state index is 15.2. The Labute approximate surface area is 242 Å². The van der Waals surface area contributed by atoms with Crippen LogP contribution in [0.1, 0.15) is 43.6 Å². The molecule has 12 nitrogen and oxygen atoms in total. The van der Waals surface area contributed by atoms with Crippen LogP contribution in [0.2, 0.25) is 0 Å². The van der Waals surface area contributed by atoms with Gasteiger partial charge in [0.1, 0.15) is 28.7 Å². The summed E-state index contributed by atoms with van der Waals surface area (Å²) in [5.41, 5.74) is -1.57. The van der Waals surface area contributed by atoms with Crippen LogP contribution in [0.25, 0.3) is 16.7 Å². The Morgan fingerprint density at radius 2 is 1.84 bits per heavy atom. The van der Waals surface area contributed by atoms with Gasteiger partial charge in [0, 0.05) is 36.3 Å². The molecule has 1 unspecified atom stereocenters. The predicted octanol–water partition coefficient (Wildman–Crippen LogP) is 4.31. The van der Waals surface area contributed by atoms with E-state index in [0.717, 1.165) is 29.0 Å². The van der Waals surface area contributed by atoms with Gasteiger partial charge < -0.3 is 20.5 Å². The quantitative estimate of drug-likeness (QED) is 0.185. The normalized spacial score (nSPS) is 12.0. The maximum Gasteiger partial charge on any atom is 0.335 e. The molecule has 5 rings (SSSR count). The first-order chi connectivity index (χ1) is 20.6. The molecule has 2 aromatic carbocycles. The number of halogens is 2. The largest absolute Gasteiger partial charge is 0.453 e. The number of rotatable bonds is 9. The standard InChI is InChI=1S/C29H27F2N7O5/c1-4-23(39)34-26-24-22(11-12-32-25(24)35-36-26)43-21-10-7-17(13-20(21)31)33-27(40)19-14-37(15(2)3)29(42)38(28(19)41)18-8-5-16(30)6-9-18/h5-15,23,39H,4H2,1-3H3,(H,33,40)(H2,32,34,35,36). The molecule has 5 aromatic rings. The van der Waals surface area contributed by atoms with Gasteiger partial charge in [-0.15, -0.1) is 0 Å². The Morgan fingerprint density at radius 1 is 1.09 bits per heavy atom. The van der Waals surface area contributed by atoms with Gasteiger partial charge in [-0.3, -0.25) is 19.3 Å². The van der Waals surface area contributed by atoms with Crippen molar-refractivity contribution in [1.82, 2.24) is 24.3 Å². The minimum absolute atomic E-state index is 0.0153. The molecule has 0 saturated heterocycles. The van der Waals surface area contributed by atoms with Crippen molar-refractivity contribution in [3.05, 3.63) is 99.0 Å². The number of aromatic nitrogens is 5. The summed E-state index contributed by atoms with van der Waals surface area (Å²) in [5, 5.41) is 22.5. The molecule has 0 aliphatic heterocycles. The minimum atomic E-state index is -0.925. The third-order valence-corrected chi connectivity index (χ3v) is 6.52. The van der Waals surface area contributed by atoms with Crippen LogP contribution in [0.4, 0.5) is 20.3 Å². The van der Waals surface area contributed by atoms with E-state index in [4.69, 9.17) is 4.74 Å². The summed E-state index contributed by atoms with van der Waals surface area (Å²) >= 11 is 0. The van der Waals surface area contributed by atoms with Crippen molar-refractivity contribution >= 4 is 28.4 Å². The summed E-state index contributed by atoms with van der Waals surface area (Å²) in [6, 6.07) is 9.46. The number of aliphatic hydroxyl groups excluding tert-OH is 1. The number of H-pyrrole nitrogens is 1. The van der Waals surface area contributed by atoms with Gasteiger partial charge in [0.2, 0.25) is 0 Å². The highest BCUT2D eigenvalue weighted by Crippen LogP contribution is 2.34. The zero-order valence-electron chi connectivity index (χ0n) is 23.3. The topological polar surface area (TPSA) is 156 Å². The summed E-state index contributed by atoms with van der Waals surface area (Å²) in [4.78, 5) is 43.7. The number of nitrogens with one attached hydrogen (secondary N) is 3. The highest BCUT2D eigenvalue weighted by atomic mass is 19.1. The second kappa shape index (κ2) is 11.9. The second-order valence-electron chi connectivity index (χ2n) is 9.82. The van der Waals surface area contributed by atoms with E-state index in [-0.39, 0.29) is 34.3 Å². The lowest BCUT2D eigenvalue weighted by atomic mass is 10.2. The van der Waals surface area contributed by atoms with Crippen LogP contribution < -0.4 is 26.6 Å². The van der Waals surface area contributed by atoms with E-state index in [1.165, 1.54) is 41.1 Å². The lowest BCUT2D eigenvalue weighted by Crippen LogP contribution is -2.42. The lowest BCUT2D eigenvalue weighted by Gasteiger charge is -2.16. The summed E-state index contributed by atoms with van der Waals surface area (Å²) < 4.78 is 36.4. The molecule has 1 atom stereocenters. The zero-order valence-corrected chi connectivity index (χ0v) is 23.3. The summed E-state index contributed by atoms with van der Waals surface area (Å²) in [6.45, 7) is 5.17. The smallest absolute Gasteiger partial charge is 0.335 e. The maximum absolute atomic E-state index is 15.2. The number of aliphatic hydroxyl groups is 1. The van der Waals surface area contributed by atoms with Crippen molar-refractivity contribution in [2.45, 2.75) is 39.5 Å². The molecule has 0 spiro atoms. The number of benzene rings is 2. The number of fused-ring (bicyclic) bond motifs is 1. The number of hydrogen-bond donors (Lipinski definition) is 4. The van der Waals surface area contributed by atoms with Gasteiger partial charge >= 0.3 is 5.69 Å². The van der Waals surface area contributed by atoms with Crippen LogP contribution in [0.5, 0.6) is 11.5 Å². The third kappa shape index (κ3) is 5.85. The molecule has 3 heterocycles. The second-order valence-corrected chi connectivity index (χ2v) is 9.82. The van der Waals surface area contributed by atoms with Crippen LogP contribution in [0, 0.1) is 11.6 Å².